The maximum Gasteiger partial charge on any atom is 0.272 e. The minimum atomic E-state index is -0.576. The fourth-order valence-electron chi connectivity index (χ4n) is 2.59. The van der Waals surface area contributed by atoms with Crippen LogP contribution in [0.1, 0.15) is 47.8 Å². The highest BCUT2D eigenvalue weighted by Crippen LogP contribution is 2.21. The quantitative estimate of drug-likeness (QED) is 0.776. The molecule has 7 heteroatoms. The van der Waals surface area contributed by atoms with Gasteiger partial charge in [0.1, 0.15) is 23.4 Å². The van der Waals surface area contributed by atoms with Crippen LogP contribution in [0, 0.1) is 5.82 Å². The van der Waals surface area contributed by atoms with E-state index in [-0.39, 0.29) is 17.8 Å². The van der Waals surface area contributed by atoms with Gasteiger partial charge in [0.15, 0.2) is 0 Å². The molecule has 6 nitrogen and oxygen atoms in total. The largest absolute Gasteiger partial charge is 0.337 e. The Balaban J connectivity index is 1.92. The van der Waals surface area contributed by atoms with E-state index in [0.717, 1.165) is 0 Å². The zero-order valence-electron chi connectivity index (χ0n) is 14.3. The average molecular weight is 341 g/mol. The molecule has 3 aromatic rings. The Morgan fingerprint density at radius 1 is 1.24 bits per heavy atom. The van der Waals surface area contributed by atoms with Crippen LogP contribution in [0.15, 0.2) is 48.9 Å². The fourth-order valence-corrected chi connectivity index (χ4v) is 2.59. The average Bonchev–Trinajstić information content (AvgIpc) is 3.21. The Morgan fingerprint density at radius 3 is 2.64 bits per heavy atom. The van der Waals surface area contributed by atoms with Crippen LogP contribution in [0.25, 0.3) is 0 Å². The molecule has 1 amide bonds. The molecule has 25 heavy (non-hydrogen) atoms. The van der Waals surface area contributed by atoms with Crippen LogP contribution >= 0.6 is 0 Å². The zero-order chi connectivity index (χ0) is 18.0. The zero-order valence-corrected chi connectivity index (χ0v) is 14.3. The monoisotopic (exact) mass is 341 g/mol. The van der Waals surface area contributed by atoms with E-state index >= 15 is 0 Å². The van der Waals surface area contributed by atoms with Gasteiger partial charge >= 0.3 is 0 Å². The van der Waals surface area contributed by atoms with Crippen LogP contribution in [-0.2, 0) is 7.05 Å². The smallest absolute Gasteiger partial charge is 0.272 e. The van der Waals surface area contributed by atoms with E-state index in [4.69, 9.17) is 0 Å². The number of carbonyl (C=O) groups excluding carboxylic acids is 1. The van der Waals surface area contributed by atoms with Crippen LogP contribution in [0.3, 0.4) is 0 Å². The van der Waals surface area contributed by atoms with Crippen LogP contribution in [-0.4, -0.2) is 25.2 Å². The summed E-state index contributed by atoms with van der Waals surface area (Å²) in [6.07, 6.45) is 5.18. The first kappa shape index (κ1) is 16.9. The van der Waals surface area contributed by atoms with Gasteiger partial charge < -0.3 is 9.88 Å². The number of aromatic nitrogens is 4. The lowest BCUT2D eigenvalue weighted by molar-refractivity contribution is 0.0935. The number of imidazole rings is 1. The van der Waals surface area contributed by atoms with Crippen molar-refractivity contribution in [2.24, 2.45) is 7.05 Å². The Labute approximate surface area is 145 Å². The molecule has 0 fully saturated rings. The molecule has 0 radical (unpaired) electrons. The van der Waals surface area contributed by atoms with Gasteiger partial charge in [-0.15, -0.1) is 0 Å². The molecular formula is C18H20FN5O. The molecule has 0 aliphatic rings. The number of carbonyl (C=O) groups is 1. The SMILES string of the molecule is CC(C)n1ccc(C(=O)N[C@H](c2cccc(F)c2)c2nccn2C)n1. The molecule has 130 valence electrons. The van der Waals surface area contributed by atoms with Crippen LogP contribution in [0.5, 0.6) is 0 Å². The molecule has 0 saturated heterocycles. The number of nitrogens with zero attached hydrogens (tertiary/aromatic N) is 4. The van der Waals surface area contributed by atoms with Crippen LogP contribution in [0.2, 0.25) is 0 Å². The summed E-state index contributed by atoms with van der Waals surface area (Å²) in [5.74, 6) is -0.0889. The Morgan fingerprint density at radius 2 is 2.04 bits per heavy atom. The Bertz CT molecular complexity index is 883. The number of rotatable bonds is 5. The molecule has 3 rings (SSSR count). The molecule has 0 bridgehead atoms. The summed E-state index contributed by atoms with van der Waals surface area (Å²) in [6, 6.07) is 7.38. The van der Waals surface area contributed by atoms with Gasteiger partial charge in [0.2, 0.25) is 0 Å². The van der Waals surface area contributed by atoms with Crippen molar-refractivity contribution in [3.05, 3.63) is 71.8 Å². The van der Waals surface area contributed by atoms with Crippen molar-refractivity contribution >= 4 is 5.91 Å². The maximum absolute atomic E-state index is 13.7. The van der Waals surface area contributed by atoms with Crippen molar-refractivity contribution in [1.29, 1.82) is 0 Å². The third-order valence-corrected chi connectivity index (χ3v) is 3.94. The van der Waals surface area contributed by atoms with Crippen molar-refractivity contribution in [2.45, 2.75) is 25.9 Å². The van der Waals surface area contributed by atoms with E-state index in [1.165, 1.54) is 12.1 Å². The number of hydrogen-bond donors (Lipinski definition) is 1. The minimum absolute atomic E-state index is 0.162. The number of amides is 1. The second kappa shape index (κ2) is 6.88. The van der Waals surface area contributed by atoms with E-state index in [0.29, 0.717) is 17.1 Å². The Hall–Kier alpha value is -2.96. The van der Waals surface area contributed by atoms with E-state index in [1.54, 1.807) is 46.0 Å². The number of halogens is 1. The first-order valence-corrected chi connectivity index (χ1v) is 8.04. The summed E-state index contributed by atoms with van der Waals surface area (Å²) >= 11 is 0. The van der Waals surface area contributed by atoms with E-state index in [9.17, 15) is 9.18 Å². The molecule has 1 aromatic carbocycles. The van der Waals surface area contributed by atoms with Crippen molar-refractivity contribution in [3.63, 3.8) is 0 Å². The number of hydrogen-bond acceptors (Lipinski definition) is 3. The van der Waals surface area contributed by atoms with Gasteiger partial charge in [-0.3, -0.25) is 9.48 Å². The Kier molecular flexibility index (Phi) is 4.65. The second-order valence-corrected chi connectivity index (χ2v) is 6.13. The van der Waals surface area contributed by atoms with E-state index < -0.39 is 6.04 Å². The predicted octanol–water partition coefficient (Wildman–Crippen LogP) is 2.86. The highest BCUT2D eigenvalue weighted by Gasteiger charge is 2.23. The second-order valence-electron chi connectivity index (χ2n) is 6.13. The molecule has 1 atom stereocenters. The summed E-state index contributed by atoms with van der Waals surface area (Å²) < 4.78 is 17.2. The molecule has 2 heterocycles. The lowest BCUT2D eigenvalue weighted by atomic mass is 10.1. The van der Waals surface area contributed by atoms with E-state index in [2.05, 4.69) is 15.4 Å². The molecule has 0 aliphatic heterocycles. The summed E-state index contributed by atoms with van der Waals surface area (Å²) in [5, 5.41) is 7.19. The molecule has 0 unspecified atom stereocenters. The van der Waals surface area contributed by atoms with Crippen molar-refractivity contribution in [2.75, 3.05) is 0 Å². The summed E-state index contributed by atoms with van der Waals surface area (Å²) in [4.78, 5) is 16.9. The van der Waals surface area contributed by atoms with Gasteiger partial charge in [-0.25, -0.2) is 9.37 Å². The normalized spacial score (nSPS) is 12.4. The van der Waals surface area contributed by atoms with Crippen molar-refractivity contribution in [3.8, 4) is 0 Å². The molecule has 0 aliphatic carbocycles. The lowest BCUT2D eigenvalue weighted by Crippen LogP contribution is -2.31. The van der Waals surface area contributed by atoms with Gasteiger partial charge in [-0.05, 0) is 37.6 Å². The van der Waals surface area contributed by atoms with Gasteiger partial charge in [0.25, 0.3) is 5.91 Å². The summed E-state index contributed by atoms with van der Waals surface area (Å²) in [6.45, 7) is 3.97. The molecule has 0 spiro atoms. The van der Waals surface area contributed by atoms with Crippen molar-refractivity contribution < 1.29 is 9.18 Å². The fraction of sp³-hybridized carbons (Fsp3) is 0.278. The molecule has 1 N–H and O–H groups in total. The molecule has 2 aromatic heterocycles. The molecular weight excluding hydrogens is 321 g/mol. The van der Waals surface area contributed by atoms with Gasteiger partial charge in [0, 0.05) is 31.7 Å². The third kappa shape index (κ3) is 3.60. The van der Waals surface area contributed by atoms with Crippen molar-refractivity contribution in [1.82, 2.24) is 24.6 Å². The maximum atomic E-state index is 13.7. The van der Waals surface area contributed by atoms with Crippen LogP contribution in [0.4, 0.5) is 4.39 Å². The summed E-state index contributed by atoms with van der Waals surface area (Å²) in [5.41, 5.74) is 0.926. The third-order valence-electron chi connectivity index (χ3n) is 3.94. The topological polar surface area (TPSA) is 64.7 Å². The van der Waals surface area contributed by atoms with Crippen LogP contribution < -0.4 is 5.32 Å². The highest BCUT2D eigenvalue weighted by molar-refractivity contribution is 5.92. The predicted molar refractivity (Wildman–Crippen MR) is 91.5 cm³/mol. The molecule has 0 saturated carbocycles. The van der Waals surface area contributed by atoms with E-state index in [1.807, 2.05) is 20.9 Å². The number of nitrogens with one attached hydrogen (secondary N) is 1. The lowest BCUT2D eigenvalue weighted by Gasteiger charge is -2.18. The van der Waals surface area contributed by atoms with Gasteiger partial charge in [-0.1, -0.05) is 12.1 Å². The van der Waals surface area contributed by atoms with Gasteiger partial charge in [0.05, 0.1) is 0 Å². The number of aryl methyl sites for hydroxylation is 1. The van der Waals surface area contributed by atoms with Gasteiger partial charge in [-0.2, -0.15) is 5.10 Å². The first-order chi connectivity index (χ1) is 12.0. The number of benzene rings is 1. The summed E-state index contributed by atoms with van der Waals surface area (Å²) in [7, 11) is 1.83. The minimum Gasteiger partial charge on any atom is -0.337 e. The standard InChI is InChI=1S/C18H20FN5O/c1-12(2)24-9-7-15(22-24)18(25)21-16(17-20-8-10-23(17)3)13-5-4-6-14(19)11-13/h4-12,16H,1-3H3,(H,21,25)/t16-/m1/s1. The highest BCUT2D eigenvalue weighted by atomic mass is 19.1. The first-order valence-electron chi connectivity index (χ1n) is 8.04.